The topological polar surface area (TPSA) is 110 Å². The quantitative estimate of drug-likeness (QED) is 0.376. The minimum Gasteiger partial charge on any atom is -0.326 e. The number of nitrogens with zero attached hydrogens (tertiary/aromatic N) is 2. The van der Waals surface area contributed by atoms with Crippen molar-refractivity contribution in [2.45, 2.75) is 26.2 Å². The maximum atomic E-state index is 12.4. The number of anilines is 1. The van der Waals surface area contributed by atoms with E-state index in [1.54, 1.807) is 13.0 Å². The summed E-state index contributed by atoms with van der Waals surface area (Å²) in [5.41, 5.74) is 0.919. The van der Waals surface area contributed by atoms with E-state index in [0.29, 0.717) is 24.1 Å². The smallest absolute Gasteiger partial charge is 0.271 e. The largest absolute Gasteiger partial charge is 0.326 e. The molecular formula is C18H19N3O5. The first-order valence-electron chi connectivity index (χ1n) is 8.43. The highest BCUT2D eigenvalue weighted by Gasteiger charge is 2.46. The number of carbonyl (C=O) groups is 3. The van der Waals surface area contributed by atoms with Crippen molar-refractivity contribution in [3.8, 4) is 0 Å². The highest BCUT2D eigenvalue weighted by atomic mass is 16.6. The summed E-state index contributed by atoms with van der Waals surface area (Å²) in [5.74, 6) is -1.46. The highest BCUT2D eigenvalue weighted by molar-refractivity contribution is 6.05. The molecule has 0 spiro atoms. The van der Waals surface area contributed by atoms with Gasteiger partial charge in [0.15, 0.2) is 0 Å². The first-order chi connectivity index (χ1) is 12.4. The van der Waals surface area contributed by atoms with Crippen LogP contribution in [0.15, 0.2) is 30.4 Å². The van der Waals surface area contributed by atoms with E-state index in [0.717, 1.165) is 0 Å². The fourth-order valence-electron chi connectivity index (χ4n) is 3.37. The molecule has 2 aliphatic rings. The van der Waals surface area contributed by atoms with Crippen LogP contribution in [0.2, 0.25) is 0 Å². The second-order valence-corrected chi connectivity index (χ2v) is 6.54. The number of hydrogen-bond acceptors (Lipinski definition) is 5. The number of rotatable bonds is 5. The van der Waals surface area contributed by atoms with Crippen LogP contribution in [0.25, 0.3) is 0 Å². The molecule has 0 aromatic heterocycles. The zero-order valence-electron chi connectivity index (χ0n) is 14.3. The van der Waals surface area contributed by atoms with Crippen LogP contribution in [0.5, 0.6) is 0 Å². The summed E-state index contributed by atoms with van der Waals surface area (Å²) in [6, 6.07) is 4.21. The normalized spacial score (nSPS) is 21.7. The number of aryl methyl sites for hydroxylation is 1. The van der Waals surface area contributed by atoms with Gasteiger partial charge in [0, 0.05) is 25.1 Å². The van der Waals surface area contributed by atoms with Gasteiger partial charge in [-0.3, -0.25) is 29.4 Å². The zero-order chi connectivity index (χ0) is 18.8. The van der Waals surface area contributed by atoms with Gasteiger partial charge in [0.05, 0.1) is 22.4 Å². The summed E-state index contributed by atoms with van der Waals surface area (Å²) in [6.45, 7) is 1.75. The van der Waals surface area contributed by atoms with Gasteiger partial charge in [-0.2, -0.15) is 0 Å². The number of benzene rings is 1. The molecule has 1 saturated heterocycles. The Kier molecular flexibility index (Phi) is 4.83. The van der Waals surface area contributed by atoms with Crippen LogP contribution >= 0.6 is 0 Å². The Bertz CT molecular complexity index is 791. The fourth-order valence-corrected chi connectivity index (χ4v) is 3.37. The van der Waals surface area contributed by atoms with Crippen molar-refractivity contribution in [1.82, 2.24) is 4.90 Å². The van der Waals surface area contributed by atoms with Crippen molar-refractivity contribution >= 4 is 29.1 Å². The molecule has 26 heavy (non-hydrogen) atoms. The van der Waals surface area contributed by atoms with Crippen LogP contribution in [-0.4, -0.2) is 34.1 Å². The van der Waals surface area contributed by atoms with Gasteiger partial charge in [-0.05, 0) is 25.3 Å². The van der Waals surface area contributed by atoms with Crippen molar-refractivity contribution in [2.75, 3.05) is 11.9 Å². The molecule has 1 fully saturated rings. The Labute approximate surface area is 150 Å². The van der Waals surface area contributed by atoms with Crippen LogP contribution in [0.3, 0.4) is 0 Å². The average molecular weight is 357 g/mol. The standard InChI is InChI=1S/C18H19N3O5/c1-11-6-7-12(21(25)26)10-15(11)19-16(22)8-9-20-17(23)13-4-2-3-5-14(13)18(20)24/h2-3,6-7,10,13-14H,4-5,8-9H2,1H3,(H,19,22). The number of allylic oxidation sites excluding steroid dienone is 2. The van der Waals surface area contributed by atoms with Gasteiger partial charge in [-0.15, -0.1) is 0 Å². The molecular weight excluding hydrogens is 338 g/mol. The zero-order valence-corrected chi connectivity index (χ0v) is 14.3. The Morgan fingerprint density at radius 2 is 1.85 bits per heavy atom. The molecule has 2 atom stereocenters. The first kappa shape index (κ1) is 17.8. The number of carbonyl (C=O) groups excluding carboxylic acids is 3. The lowest BCUT2D eigenvalue weighted by Crippen LogP contribution is -2.34. The molecule has 1 aromatic carbocycles. The van der Waals surface area contributed by atoms with Gasteiger partial charge in [0.25, 0.3) is 5.69 Å². The lowest BCUT2D eigenvalue weighted by molar-refractivity contribution is -0.384. The molecule has 3 rings (SSSR count). The van der Waals surface area contributed by atoms with Crippen molar-refractivity contribution < 1.29 is 19.3 Å². The second kappa shape index (κ2) is 7.07. The number of nitro groups is 1. The van der Waals surface area contributed by atoms with Crippen molar-refractivity contribution in [1.29, 1.82) is 0 Å². The van der Waals surface area contributed by atoms with E-state index in [-0.39, 0.29) is 42.3 Å². The maximum Gasteiger partial charge on any atom is 0.271 e. The average Bonchev–Trinajstić information content (AvgIpc) is 2.86. The molecule has 1 aliphatic heterocycles. The summed E-state index contributed by atoms with van der Waals surface area (Å²) in [7, 11) is 0. The summed E-state index contributed by atoms with van der Waals surface area (Å²) >= 11 is 0. The van der Waals surface area contributed by atoms with Crippen molar-refractivity contribution in [2.24, 2.45) is 11.8 Å². The highest BCUT2D eigenvalue weighted by Crippen LogP contribution is 2.35. The number of likely N-dealkylation sites (tertiary alicyclic amines) is 1. The third-order valence-electron chi connectivity index (χ3n) is 4.87. The lowest BCUT2D eigenvalue weighted by Gasteiger charge is -2.15. The van der Waals surface area contributed by atoms with E-state index in [4.69, 9.17) is 0 Å². The van der Waals surface area contributed by atoms with Gasteiger partial charge in [-0.1, -0.05) is 18.2 Å². The molecule has 3 amide bonds. The van der Waals surface area contributed by atoms with Gasteiger partial charge < -0.3 is 5.32 Å². The molecule has 1 heterocycles. The Morgan fingerprint density at radius 1 is 1.23 bits per heavy atom. The number of hydrogen-bond donors (Lipinski definition) is 1. The van der Waals surface area contributed by atoms with E-state index in [2.05, 4.69) is 5.32 Å². The predicted octanol–water partition coefficient (Wildman–Crippen LogP) is 2.18. The Hall–Kier alpha value is -3.03. The van der Waals surface area contributed by atoms with E-state index in [1.165, 1.54) is 17.0 Å². The predicted molar refractivity (Wildman–Crippen MR) is 93.2 cm³/mol. The summed E-state index contributed by atoms with van der Waals surface area (Å²) in [4.78, 5) is 48.4. The van der Waals surface area contributed by atoms with Crippen LogP contribution in [0.1, 0.15) is 24.8 Å². The second-order valence-electron chi connectivity index (χ2n) is 6.54. The molecule has 0 radical (unpaired) electrons. The molecule has 2 unspecified atom stereocenters. The Morgan fingerprint density at radius 3 is 2.42 bits per heavy atom. The molecule has 1 N–H and O–H groups in total. The molecule has 0 bridgehead atoms. The van der Waals surface area contributed by atoms with Crippen molar-refractivity contribution in [3.63, 3.8) is 0 Å². The molecule has 1 aromatic rings. The SMILES string of the molecule is Cc1ccc([N+](=O)[O-])cc1NC(=O)CCN1C(=O)C2CC=CCC2C1=O. The minimum absolute atomic E-state index is 0.0183. The molecule has 1 aliphatic carbocycles. The molecule has 8 nitrogen and oxygen atoms in total. The summed E-state index contributed by atoms with van der Waals surface area (Å²) in [6.07, 6.45) is 4.89. The maximum absolute atomic E-state index is 12.4. The third kappa shape index (κ3) is 3.35. The number of nitrogens with one attached hydrogen (secondary N) is 1. The van der Waals surface area contributed by atoms with Crippen LogP contribution in [0, 0.1) is 28.9 Å². The van der Waals surface area contributed by atoms with Crippen LogP contribution < -0.4 is 5.32 Å². The van der Waals surface area contributed by atoms with Crippen LogP contribution in [0.4, 0.5) is 11.4 Å². The molecule has 136 valence electrons. The molecule has 0 saturated carbocycles. The number of non-ortho nitro benzene ring substituents is 1. The number of imide groups is 1. The number of amides is 3. The summed E-state index contributed by atoms with van der Waals surface area (Å²) in [5, 5.41) is 13.5. The van der Waals surface area contributed by atoms with Gasteiger partial charge in [0.2, 0.25) is 17.7 Å². The van der Waals surface area contributed by atoms with Gasteiger partial charge >= 0.3 is 0 Å². The minimum atomic E-state index is -0.535. The van der Waals surface area contributed by atoms with E-state index in [9.17, 15) is 24.5 Å². The third-order valence-corrected chi connectivity index (χ3v) is 4.87. The van der Waals surface area contributed by atoms with Gasteiger partial charge in [-0.25, -0.2) is 0 Å². The first-order valence-corrected chi connectivity index (χ1v) is 8.43. The number of nitro benzene ring substituents is 1. The van der Waals surface area contributed by atoms with E-state index < -0.39 is 10.8 Å². The van der Waals surface area contributed by atoms with Crippen LogP contribution in [-0.2, 0) is 14.4 Å². The van der Waals surface area contributed by atoms with E-state index >= 15 is 0 Å². The summed E-state index contributed by atoms with van der Waals surface area (Å²) < 4.78 is 0. The van der Waals surface area contributed by atoms with Gasteiger partial charge in [0.1, 0.15) is 0 Å². The van der Waals surface area contributed by atoms with Crippen molar-refractivity contribution in [3.05, 3.63) is 46.0 Å². The monoisotopic (exact) mass is 357 g/mol. The fraction of sp³-hybridized carbons (Fsp3) is 0.389. The number of fused-ring (bicyclic) bond motifs is 1. The molecule has 8 heteroatoms. The lowest BCUT2D eigenvalue weighted by atomic mass is 9.85. The van der Waals surface area contributed by atoms with E-state index in [1.807, 2.05) is 12.2 Å². The Balaban J connectivity index is 1.61.